The lowest BCUT2D eigenvalue weighted by molar-refractivity contribution is -0.131. The van der Waals surface area contributed by atoms with Gasteiger partial charge in [0.05, 0.1) is 18.5 Å². The number of morpholine rings is 1. The summed E-state index contributed by atoms with van der Waals surface area (Å²) < 4.78 is 31.6. The number of carbonyl (C=O) groups is 1. The number of sulfonamides is 1. The number of rotatable bonds is 6. The van der Waals surface area contributed by atoms with E-state index in [0.717, 1.165) is 52.1 Å². The van der Waals surface area contributed by atoms with Gasteiger partial charge in [-0.15, -0.1) is 0 Å². The van der Waals surface area contributed by atoms with Crippen molar-refractivity contribution < 1.29 is 17.9 Å². The number of ether oxygens (including phenoxy) is 1. The van der Waals surface area contributed by atoms with Crippen LogP contribution in [0.5, 0.6) is 0 Å². The zero-order chi connectivity index (χ0) is 16.4. The van der Waals surface area contributed by atoms with E-state index in [1.165, 1.54) is 0 Å². The Morgan fingerprint density at radius 1 is 1.17 bits per heavy atom. The minimum Gasteiger partial charge on any atom is -0.379 e. The number of amides is 1. The number of hydrogen-bond donors (Lipinski definition) is 0. The van der Waals surface area contributed by atoms with Crippen LogP contribution in [0.1, 0.15) is 26.2 Å². The molecule has 1 unspecified atom stereocenters. The predicted molar refractivity (Wildman–Crippen MR) is 86.6 cm³/mol. The number of carbonyl (C=O) groups excluding carboxylic acids is 1. The van der Waals surface area contributed by atoms with Crippen LogP contribution >= 0.6 is 0 Å². The minimum atomic E-state index is -3.12. The third-order valence-electron chi connectivity index (χ3n) is 5.04. The lowest BCUT2D eigenvalue weighted by Gasteiger charge is -2.32. The molecule has 0 bridgehead atoms. The number of nitrogens with zero attached hydrogens (tertiary/aromatic N) is 3. The van der Waals surface area contributed by atoms with Crippen LogP contribution in [-0.2, 0) is 19.6 Å². The highest BCUT2D eigenvalue weighted by atomic mass is 32.2. The topological polar surface area (TPSA) is 70.2 Å². The Morgan fingerprint density at radius 2 is 1.87 bits per heavy atom. The quantitative estimate of drug-likeness (QED) is 0.663. The van der Waals surface area contributed by atoms with Gasteiger partial charge in [0, 0.05) is 52.2 Å². The Kier molecular flexibility index (Phi) is 5.25. The minimum absolute atomic E-state index is 0.0158. The van der Waals surface area contributed by atoms with Crippen molar-refractivity contribution in [3.63, 3.8) is 0 Å². The summed E-state index contributed by atoms with van der Waals surface area (Å²) in [5.41, 5.74) is 0. The molecular weight excluding hydrogens is 318 g/mol. The van der Waals surface area contributed by atoms with E-state index in [1.807, 2.05) is 4.90 Å². The smallest absolute Gasteiger partial charge is 0.219 e. The van der Waals surface area contributed by atoms with Gasteiger partial charge in [-0.3, -0.25) is 9.69 Å². The summed E-state index contributed by atoms with van der Waals surface area (Å²) in [5.74, 6) is 0.0360. The second kappa shape index (κ2) is 7.04. The van der Waals surface area contributed by atoms with Crippen molar-refractivity contribution in [2.45, 2.75) is 37.5 Å². The zero-order valence-electron chi connectivity index (χ0n) is 13.8. The molecule has 0 radical (unpaired) electrons. The summed E-state index contributed by atoms with van der Waals surface area (Å²) in [5, 5.41) is -0.166. The first-order valence-corrected chi connectivity index (χ1v) is 10.0. The van der Waals surface area contributed by atoms with Crippen LogP contribution in [0.3, 0.4) is 0 Å². The summed E-state index contributed by atoms with van der Waals surface area (Å²) in [6, 6.07) is 0.0158. The molecule has 0 aromatic heterocycles. The van der Waals surface area contributed by atoms with Crippen LogP contribution < -0.4 is 0 Å². The van der Waals surface area contributed by atoms with Gasteiger partial charge in [0.2, 0.25) is 15.9 Å². The van der Waals surface area contributed by atoms with Gasteiger partial charge in [0.1, 0.15) is 0 Å². The van der Waals surface area contributed by atoms with Gasteiger partial charge in [0.25, 0.3) is 0 Å². The molecule has 1 saturated carbocycles. The van der Waals surface area contributed by atoms with Gasteiger partial charge >= 0.3 is 0 Å². The van der Waals surface area contributed by atoms with Crippen molar-refractivity contribution in [1.82, 2.24) is 14.1 Å². The fourth-order valence-electron chi connectivity index (χ4n) is 3.44. The highest BCUT2D eigenvalue weighted by Crippen LogP contribution is 2.33. The van der Waals surface area contributed by atoms with Gasteiger partial charge in [-0.2, -0.15) is 4.31 Å². The Labute approximate surface area is 138 Å². The van der Waals surface area contributed by atoms with E-state index < -0.39 is 10.0 Å². The zero-order valence-corrected chi connectivity index (χ0v) is 14.6. The summed E-state index contributed by atoms with van der Waals surface area (Å²) in [4.78, 5) is 16.2. The summed E-state index contributed by atoms with van der Waals surface area (Å²) in [6.07, 6.45) is 2.32. The van der Waals surface area contributed by atoms with E-state index >= 15 is 0 Å². The first kappa shape index (κ1) is 17.1. The molecule has 2 aliphatic heterocycles. The maximum Gasteiger partial charge on any atom is 0.219 e. The molecule has 0 aromatic carbocycles. The van der Waals surface area contributed by atoms with Crippen LogP contribution in [-0.4, -0.2) is 92.2 Å². The maximum absolute atomic E-state index is 12.3. The van der Waals surface area contributed by atoms with Gasteiger partial charge < -0.3 is 9.64 Å². The Bertz CT molecular complexity index is 529. The molecule has 23 heavy (non-hydrogen) atoms. The first-order chi connectivity index (χ1) is 11.0. The molecule has 3 rings (SSSR count). The van der Waals surface area contributed by atoms with Crippen molar-refractivity contribution in [3.8, 4) is 0 Å². The van der Waals surface area contributed by atoms with Crippen molar-refractivity contribution in [2.75, 3.05) is 52.5 Å². The van der Waals surface area contributed by atoms with Gasteiger partial charge in [-0.25, -0.2) is 8.42 Å². The van der Waals surface area contributed by atoms with Crippen LogP contribution in [0.2, 0.25) is 0 Å². The molecule has 0 spiro atoms. The van der Waals surface area contributed by atoms with E-state index in [2.05, 4.69) is 4.90 Å². The standard InChI is InChI=1S/C15H27N3O4S/c1-13(19)18(7-6-16-8-10-22-11-9-16)14-4-5-17(12-14)23(20,21)15-2-3-15/h14-15H,2-12H2,1H3. The van der Waals surface area contributed by atoms with Crippen LogP contribution in [0, 0.1) is 0 Å². The summed E-state index contributed by atoms with van der Waals surface area (Å²) in [6.45, 7) is 7.38. The van der Waals surface area contributed by atoms with E-state index in [1.54, 1.807) is 11.2 Å². The van der Waals surface area contributed by atoms with E-state index in [0.29, 0.717) is 19.6 Å². The fraction of sp³-hybridized carbons (Fsp3) is 0.933. The van der Waals surface area contributed by atoms with Gasteiger partial charge in [-0.1, -0.05) is 0 Å². The third-order valence-corrected chi connectivity index (χ3v) is 7.40. The Morgan fingerprint density at radius 3 is 2.48 bits per heavy atom. The van der Waals surface area contributed by atoms with Gasteiger partial charge in [0.15, 0.2) is 0 Å². The van der Waals surface area contributed by atoms with Crippen molar-refractivity contribution >= 4 is 15.9 Å². The first-order valence-electron chi connectivity index (χ1n) is 8.55. The lowest BCUT2D eigenvalue weighted by Crippen LogP contribution is -2.47. The second-order valence-electron chi connectivity index (χ2n) is 6.71. The molecule has 1 atom stereocenters. The third kappa shape index (κ3) is 4.04. The summed E-state index contributed by atoms with van der Waals surface area (Å²) in [7, 11) is -3.12. The normalized spacial score (nSPS) is 27.3. The maximum atomic E-state index is 12.3. The molecule has 1 aliphatic carbocycles. The van der Waals surface area contributed by atoms with Crippen LogP contribution in [0.25, 0.3) is 0 Å². The van der Waals surface area contributed by atoms with E-state index in [9.17, 15) is 13.2 Å². The largest absolute Gasteiger partial charge is 0.379 e. The van der Waals surface area contributed by atoms with Crippen molar-refractivity contribution in [1.29, 1.82) is 0 Å². The molecule has 3 aliphatic rings. The predicted octanol–water partition coefficient (Wildman–Crippen LogP) is -0.266. The molecular formula is C15H27N3O4S. The average Bonchev–Trinajstić information content (AvgIpc) is 3.28. The molecule has 7 nitrogen and oxygen atoms in total. The second-order valence-corrected chi connectivity index (χ2v) is 8.92. The van der Waals surface area contributed by atoms with Crippen LogP contribution in [0.4, 0.5) is 0 Å². The summed E-state index contributed by atoms with van der Waals surface area (Å²) >= 11 is 0. The molecule has 8 heteroatoms. The van der Waals surface area contributed by atoms with Crippen LogP contribution in [0.15, 0.2) is 0 Å². The highest BCUT2D eigenvalue weighted by molar-refractivity contribution is 7.90. The molecule has 2 saturated heterocycles. The number of hydrogen-bond acceptors (Lipinski definition) is 5. The van der Waals surface area contributed by atoms with Crippen molar-refractivity contribution in [2.24, 2.45) is 0 Å². The Hall–Kier alpha value is -0.700. The molecule has 3 fully saturated rings. The van der Waals surface area contributed by atoms with E-state index in [4.69, 9.17) is 4.74 Å². The molecule has 0 N–H and O–H groups in total. The monoisotopic (exact) mass is 345 g/mol. The lowest BCUT2D eigenvalue weighted by atomic mass is 10.2. The fourth-order valence-corrected chi connectivity index (χ4v) is 5.34. The van der Waals surface area contributed by atoms with Crippen molar-refractivity contribution in [3.05, 3.63) is 0 Å². The molecule has 2 heterocycles. The SMILES string of the molecule is CC(=O)N(CCN1CCOCC1)C1CCN(S(=O)(=O)C2CC2)C1. The molecule has 1 amide bonds. The average molecular weight is 345 g/mol. The highest BCUT2D eigenvalue weighted by Gasteiger charge is 2.43. The molecule has 0 aromatic rings. The molecule has 132 valence electrons. The van der Waals surface area contributed by atoms with Gasteiger partial charge in [-0.05, 0) is 19.3 Å². The Balaban J connectivity index is 1.55. The van der Waals surface area contributed by atoms with E-state index in [-0.39, 0.29) is 17.2 Å².